The van der Waals surface area contributed by atoms with Crippen molar-refractivity contribution in [1.29, 1.82) is 0 Å². The number of hydrogen-bond donors (Lipinski definition) is 0. The van der Waals surface area contributed by atoms with Crippen LogP contribution in [0.3, 0.4) is 0 Å². The Kier molecular flexibility index (Phi) is 5.40. The molecule has 1 nitrogen and oxygen atoms in total. The molecule has 1 atom stereocenters. The largest absolute Gasteiger partial charge is 0.293 e. The Morgan fingerprint density at radius 3 is 2.60 bits per heavy atom. The first-order valence-electron chi connectivity index (χ1n) is 6.24. The third-order valence-corrected chi connectivity index (χ3v) is 6.83. The summed E-state index contributed by atoms with van der Waals surface area (Å²) in [7, 11) is -0.924. The van der Waals surface area contributed by atoms with Gasteiger partial charge in [0.15, 0.2) is 0 Å². The predicted molar refractivity (Wildman–Crippen MR) is 75.8 cm³/mol. The number of nitrogens with zero attached hydrogens (tertiary/aromatic N) is 1. The van der Waals surface area contributed by atoms with Gasteiger partial charge in [-0.1, -0.05) is 45.8 Å². The Balaban J connectivity index is 2.07. The van der Waals surface area contributed by atoms with Crippen molar-refractivity contribution in [3.05, 3.63) is 0 Å². The highest BCUT2D eigenvalue weighted by Gasteiger charge is 2.36. The van der Waals surface area contributed by atoms with Gasteiger partial charge in [-0.2, -0.15) is 11.2 Å². The van der Waals surface area contributed by atoms with Gasteiger partial charge in [-0.05, 0) is 6.42 Å². The molecular formula is C12H25NSSi. The van der Waals surface area contributed by atoms with Crippen LogP contribution in [0.25, 0.3) is 0 Å². The molecule has 0 bridgehead atoms. The van der Waals surface area contributed by atoms with Gasteiger partial charge < -0.3 is 0 Å². The van der Waals surface area contributed by atoms with E-state index in [1.807, 2.05) is 0 Å². The number of aliphatic imine (C=N–C) groups is 1. The molecule has 0 aromatic rings. The molecular weight excluding hydrogens is 218 g/mol. The summed E-state index contributed by atoms with van der Waals surface area (Å²) in [5.74, 6) is 0. The maximum absolute atomic E-state index is 4.69. The van der Waals surface area contributed by atoms with Crippen LogP contribution in [0.15, 0.2) is 4.99 Å². The first-order valence-corrected chi connectivity index (χ1v) is 11.3. The van der Waals surface area contributed by atoms with Crippen molar-refractivity contribution >= 4 is 24.1 Å². The highest BCUT2D eigenvalue weighted by Crippen LogP contribution is 2.37. The van der Waals surface area contributed by atoms with Crippen molar-refractivity contribution in [2.75, 3.05) is 6.54 Å². The van der Waals surface area contributed by atoms with Gasteiger partial charge in [0.2, 0.25) is 0 Å². The molecule has 0 aliphatic heterocycles. The zero-order chi connectivity index (χ0) is 11.3. The van der Waals surface area contributed by atoms with Crippen LogP contribution in [0.1, 0.15) is 39.0 Å². The summed E-state index contributed by atoms with van der Waals surface area (Å²) in [4.78, 5) is 4.69. The van der Waals surface area contributed by atoms with E-state index >= 15 is 0 Å². The van der Waals surface area contributed by atoms with Gasteiger partial charge >= 0.3 is 0 Å². The third kappa shape index (κ3) is 6.41. The van der Waals surface area contributed by atoms with E-state index in [2.05, 4.69) is 37.8 Å². The molecule has 0 aromatic heterocycles. The van der Waals surface area contributed by atoms with Crippen LogP contribution in [0, 0.1) is 0 Å². The quantitative estimate of drug-likeness (QED) is 0.478. The lowest BCUT2D eigenvalue weighted by molar-refractivity contribution is 0.675. The van der Waals surface area contributed by atoms with E-state index in [0.29, 0.717) is 0 Å². The molecule has 88 valence electrons. The maximum atomic E-state index is 4.69. The Hall–Kier alpha value is 0.237. The minimum atomic E-state index is -0.924. The van der Waals surface area contributed by atoms with Crippen LogP contribution >= 0.6 is 11.2 Å². The van der Waals surface area contributed by atoms with E-state index in [0.717, 1.165) is 11.8 Å². The molecule has 0 heterocycles. The Labute approximate surface area is 99.8 Å². The Morgan fingerprint density at radius 2 is 2.00 bits per heavy atom. The summed E-state index contributed by atoms with van der Waals surface area (Å²) in [5.41, 5.74) is 1.50. The van der Waals surface area contributed by atoms with Crippen molar-refractivity contribution in [3.63, 3.8) is 0 Å². The highest BCUT2D eigenvalue weighted by molar-refractivity contribution is 8.29. The summed E-state index contributed by atoms with van der Waals surface area (Å²) in [5, 5.41) is 0.808. The van der Waals surface area contributed by atoms with Crippen molar-refractivity contribution in [1.82, 2.24) is 0 Å². The second kappa shape index (κ2) is 6.09. The summed E-state index contributed by atoms with van der Waals surface area (Å²) in [6.07, 6.45) is 6.63. The van der Waals surface area contributed by atoms with Gasteiger partial charge in [-0.15, -0.1) is 0 Å². The lowest BCUT2D eigenvalue weighted by Crippen LogP contribution is -2.15. The molecule has 1 fully saturated rings. The van der Waals surface area contributed by atoms with Crippen molar-refractivity contribution in [2.45, 2.75) is 63.9 Å². The summed E-state index contributed by atoms with van der Waals surface area (Å²) in [6, 6.07) is 0. The van der Waals surface area contributed by atoms with Crippen LogP contribution in [-0.2, 0) is 0 Å². The van der Waals surface area contributed by atoms with Crippen LogP contribution in [0.4, 0.5) is 0 Å². The highest BCUT2D eigenvalue weighted by atomic mass is 32.4. The molecule has 3 heteroatoms. The monoisotopic (exact) mass is 243 g/mol. The molecule has 0 saturated heterocycles. The zero-order valence-electron chi connectivity index (χ0n) is 10.7. The topological polar surface area (TPSA) is 12.4 Å². The number of unbranched alkanes of at least 4 members (excludes halogenated alkanes) is 3. The summed E-state index contributed by atoms with van der Waals surface area (Å²) >= 11 is 2.21. The normalized spacial score (nSPS) is 23.5. The molecule has 0 radical (unpaired) electrons. The number of rotatable bonds is 7. The minimum absolute atomic E-state index is 0.808. The molecule has 0 N–H and O–H groups in total. The van der Waals surface area contributed by atoms with Crippen molar-refractivity contribution < 1.29 is 0 Å². The lowest BCUT2D eigenvalue weighted by atomic mass is 10.2. The van der Waals surface area contributed by atoms with Crippen LogP contribution < -0.4 is 0 Å². The van der Waals surface area contributed by atoms with Crippen molar-refractivity contribution in [3.8, 4) is 0 Å². The summed E-state index contributed by atoms with van der Waals surface area (Å²) < 4.78 is 0. The molecule has 1 aliphatic carbocycles. The number of hydrogen-bond acceptors (Lipinski definition) is 2. The minimum Gasteiger partial charge on any atom is -0.293 e. The van der Waals surface area contributed by atoms with Gasteiger partial charge in [-0.3, -0.25) is 4.99 Å². The average molecular weight is 243 g/mol. The smallest absolute Gasteiger partial charge is 0.109 e. The molecule has 1 saturated carbocycles. The van der Waals surface area contributed by atoms with Gasteiger partial charge in [0.25, 0.3) is 0 Å². The lowest BCUT2D eigenvalue weighted by Gasteiger charge is -2.13. The molecule has 0 spiro atoms. The van der Waals surface area contributed by atoms with Gasteiger partial charge in [0.05, 0.1) is 0 Å². The van der Waals surface area contributed by atoms with E-state index in [-0.39, 0.29) is 0 Å². The Morgan fingerprint density at radius 1 is 1.27 bits per heavy atom. The molecule has 0 aromatic carbocycles. The fourth-order valence-corrected chi connectivity index (χ4v) is 6.13. The fourth-order valence-electron chi connectivity index (χ4n) is 1.60. The Bertz CT molecular complexity index is 220. The van der Waals surface area contributed by atoms with E-state index < -0.39 is 7.22 Å². The van der Waals surface area contributed by atoms with Crippen molar-refractivity contribution in [2.24, 2.45) is 4.99 Å². The first-order chi connectivity index (χ1) is 7.03. The molecule has 1 rings (SSSR count). The van der Waals surface area contributed by atoms with E-state index in [9.17, 15) is 0 Å². The first kappa shape index (κ1) is 13.3. The molecule has 1 aliphatic rings. The van der Waals surface area contributed by atoms with E-state index in [4.69, 9.17) is 4.99 Å². The van der Waals surface area contributed by atoms with Gasteiger partial charge in [0.1, 0.15) is 7.22 Å². The SMILES string of the molecule is CCCCCC/N=C1/CC1S[Si](C)(C)C. The van der Waals surface area contributed by atoms with Crippen LogP contribution in [0.5, 0.6) is 0 Å². The van der Waals surface area contributed by atoms with Gasteiger partial charge in [-0.25, -0.2) is 0 Å². The molecule has 15 heavy (non-hydrogen) atoms. The van der Waals surface area contributed by atoms with Crippen LogP contribution in [-0.4, -0.2) is 24.7 Å². The molecule has 1 unspecified atom stereocenters. The summed E-state index contributed by atoms with van der Waals surface area (Å²) in [6.45, 7) is 10.6. The van der Waals surface area contributed by atoms with Crippen LogP contribution in [0.2, 0.25) is 19.6 Å². The van der Waals surface area contributed by atoms with E-state index in [1.54, 1.807) is 0 Å². The fraction of sp³-hybridized carbons (Fsp3) is 0.917. The standard InChI is InChI=1S/C12H25NSSi/c1-5-6-7-8-9-13-11-10-12(11)14-15(2,3)4/h12H,5-10H2,1-4H3/b13-11-. The second-order valence-corrected chi connectivity index (χ2v) is 14.8. The third-order valence-electron chi connectivity index (χ3n) is 2.43. The predicted octanol–water partition coefficient (Wildman–Crippen LogP) is 4.35. The average Bonchev–Trinajstić information content (AvgIpc) is 2.80. The molecule has 0 amide bonds. The van der Waals surface area contributed by atoms with Gasteiger partial charge in [0, 0.05) is 23.9 Å². The van der Waals surface area contributed by atoms with E-state index in [1.165, 1.54) is 37.8 Å². The second-order valence-electron chi connectivity index (χ2n) is 5.36. The zero-order valence-corrected chi connectivity index (χ0v) is 12.5. The maximum Gasteiger partial charge on any atom is 0.109 e.